The largest absolute Gasteiger partial charge is 0.312 e. The van der Waals surface area contributed by atoms with Gasteiger partial charge in [-0.15, -0.1) is 0 Å². The molecule has 1 aliphatic rings. The van der Waals surface area contributed by atoms with Crippen LogP contribution in [0.3, 0.4) is 0 Å². The molecule has 0 aromatic heterocycles. The zero-order valence-electron chi connectivity index (χ0n) is 11.4. The molecule has 0 bridgehead atoms. The predicted molar refractivity (Wildman–Crippen MR) is 74.1 cm³/mol. The summed E-state index contributed by atoms with van der Waals surface area (Å²) in [4.78, 5) is 0. The molecule has 1 heteroatoms. The first-order valence-electron chi connectivity index (χ1n) is 6.93. The van der Waals surface area contributed by atoms with Crippen LogP contribution in [0.25, 0.3) is 0 Å². The number of rotatable bonds is 4. The Hall–Kier alpha value is -0.820. The summed E-state index contributed by atoms with van der Waals surface area (Å²) in [6.07, 6.45) is 4.27. The fraction of sp³-hybridized carbons (Fsp3) is 0.625. The molecular formula is C16H25N. The van der Waals surface area contributed by atoms with Crippen LogP contribution in [0, 0.1) is 25.7 Å². The molecule has 0 spiro atoms. The minimum absolute atomic E-state index is 0.904. The molecule has 1 aromatic carbocycles. The van der Waals surface area contributed by atoms with Gasteiger partial charge in [0.1, 0.15) is 0 Å². The molecule has 0 saturated heterocycles. The van der Waals surface area contributed by atoms with Gasteiger partial charge in [-0.25, -0.2) is 0 Å². The maximum Gasteiger partial charge on any atom is 0.0205 e. The van der Waals surface area contributed by atoms with E-state index in [1.807, 2.05) is 0 Å². The van der Waals surface area contributed by atoms with Crippen molar-refractivity contribution in [3.8, 4) is 0 Å². The van der Waals surface area contributed by atoms with Gasteiger partial charge in [0.15, 0.2) is 0 Å². The summed E-state index contributed by atoms with van der Waals surface area (Å²) in [5, 5.41) is 3.62. The predicted octanol–water partition coefficient (Wildman–Crippen LogP) is 3.83. The van der Waals surface area contributed by atoms with Crippen LogP contribution in [0.1, 0.15) is 42.9 Å². The van der Waals surface area contributed by atoms with Crippen molar-refractivity contribution in [1.82, 2.24) is 5.32 Å². The Kier molecular flexibility index (Phi) is 4.22. The highest BCUT2D eigenvalue weighted by Crippen LogP contribution is 2.30. The van der Waals surface area contributed by atoms with Crippen LogP contribution in [0.4, 0.5) is 0 Å². The fourth-order valence-electron chi connectivity index (χ4n) is 2.84. The van der Waals surface area contributed by atoms with Crippen LogP contribution >= 0.6 is 0 Å². The molecule has 0 aliphatic heterocycles. The highest BCUT2D eigenvalue weighted by atomic mass is 14.9. The minimum atomic E-state index is 0.904. The Labute approximate surface area is 106 Å². The van der Waals surface area contributed by atoms with E-state index in [9.17, 15) is 0 Å². The summed E-state index contributed by atoms with van der Waals surface area (Å²) in [5.74, 6) is 1.82. The quantitative estimate of drug-likeness (QED) is 0.830. The normalized spacial score (nSPS) is 24.2. The summed E-state index contributed by atoms with van der Waals surface area (Å²) in [6, 6.07) is 6.78. The molecule has 1 aromatic rings. The molecule has 1 fully saturated rings. The Morgan fingerprint density at radius 2 is 2.00 bits per heavy atom. The van der Waals surface area contributed by atoms with Crippen LogP contribution in [0.5, 0.6) is 0 Å². The molecule has 17 heavy (non-hydrogen) atoms. The molecule has 94 valence electrons. The number of aryl methyl sites for hydroxylation is 2. The average Bonchev–Trinajstić information content (AvgIpc) is 2.70. The van der Waals surface area contributed by atoms with Crippen molar-refractivity contribution in [3.63, 3.8) is 0 Å². The third-order valence-electron chi connectivity index (χ3n) is 4.35. The number of hydrogen-bond donors (Lipinski definition) is 1. The maximum absolute atomic E-state index is 3.62. The van der Waals surface area contributed by atoms with Crippen LogP contribution in [-0.4, -0.2) is 6.54 Å². The molecule has 1 saturated carbocycles. The lowest BCUT2D eigenvalue weighted by Crippen LogP contribution is -2.23. The van der Waals surface area contributed by atoms with Crippen molar-refractivity contribution in [2.24, 2.45) is 11.8 Å². The second-order valence-electron chi connectivity index (χ2n) is 5.72. The van der Waals surface area contributed by atoms with Crippen LogP contribution < -0.4 is 5.32 Å². The zero-order chi connectivity index (χ0) is 12.3. The molecule has 2 unspecified atom stereocenters. The van der Waals surface area contributed by atoms with Crippen molar-refractivity contribution >= 4 is 0 Å². The van der Waals surface area contributed by atoms with Crippen LogP contribution in [0.2, 0.25) is 0 Å². The minimum Gasteiger partial charge on any atom is -0.312 e. The van der Waals surface area contributed by atoms with Crippen molar-refractivity contribution in [2.45, 2.75) is 46.6 Å². The average molecular weight is 231 g/mol. The standard InChI is InChI=1S/C16H25N/c1-12-7-8-15(9-14(12)3)10-17-11-16-6-4-5-13(16)2/h7-9,13,16-17H,4-6,10-11H2,1-3H3. The van der Waals surface area contributed by atoms with Gasteiger partial charge in [0.05, 0.1) is 0 Å². The van der Waals surface area contributed by atoms with Crippen molar-refractivity contribution in [1.29, 1.82) is 0 Å². The number of nitrogens with one attached hydrogen (secondary N) is 1. The van der Waals surface area contributed by atoms with E-state index in [4.69, 9.17) is 0 Å². The lowest BCUT2D eigenvalue weighted by atomic mass is 9.98. The topological polar surface area (TPSA) is 12.0 Å². The van der Waals surface area contributed by atoms with Gasteiger partial charge >= 0.3 is 0 Å². The number of hydrogen-bond acceptors (Lipinski definition) is 1. The van der Waals surface area contributed by atoms with Gasteiger partial charge in [-0.3, -0.25) is 0 Å². The van der Waals surface area contributed by atoms with Gasteiger partial charge in [0.2, 0.25) is 0 Å². The zero-order valence-corrected chi connectivity index (χ0v) is 11.4. The molecule has 1 N–H and O–H groups in total. The van der Waals surface area contributed by atoms with E-state index >= 15 is 0 Å². The van der Waals surface area contributed by atoms with E-state index < -0.39 is 0 Å². The summed E-state index contributed by atoms with van der Waals surface area (Å²) < 4.78 is 0. The molecule has 0 heterocycles. The van der Waals surface area contributed by atoms with E-state index in [1.54, 1.807) is 0 Å². The highest BCUT2D eigenvalue weighted by Gasteiger charge is 2.22. The van der Waals surface area contributed by atoms with E-state index in [0.717, 1.165) is 18.4 Å². The Bertz CT molecular complexity index is 370. The maximum atomic E-state index is 3.62. The summed E-state index contributed by atoms with van der Waals surface area (Å²) >= 11 is 0. The second kappa shape index (κ2) is 5.68. The van der Waals surface area contributed by atoms with Crippen LogP contribution in [0.15, 0.2) is 18.2 Å². The SMILES string of the molecule is Cc1ccc(CNCC2CCCC2C)cc1C. The monoisotopic (exact) mass is 231 g/mol. The van der Waals surface area contributed by atoms with Gasteiger partial charge in [-0.2, -0.15) is 0 Å². The lowest BCUT2D eigenvalue weighted by Gasteiger charge is -2.16. The van der Waals surface area contributed by atoms with Gasteiger partial charge in [-0.1, -0.05) is 38.0 Å². The van der Waals surface area contributed by atoms with Gasteiger partial charge in [0.25, 0.3) is 0 Å². The van der Waals surface area contributed by atoms with E-state index in [2.05, 4.69) is 44.3 Å². The lowest BCUT2D eigenvalue weighted by molar-refractivity contribution is 0.392. The van der Waals surface area contributed by atoms with Crippen molar-refractivity contribution in [2.75, 3.05) is 6.54 Å². The van der Waals surface area contributed by atoms with Crippen LogP contribution in [-0.2, 0) is 6.54 Å². The van der Waals surface area contributed by atoms with E-state index in [1.165, 1.54) is 42.5 Å². The molecule has 0 amide bonds. The molecule has 1 nitrogen and oxygen atoms in total. The summed E-state index contributed by atoms with van der Waals surface area (Å²) in [6.45, 7) is 8.97. The summed E-state index contributed by atoms with van der Waals surface area (Å²) in [5.41, 5.74) is 4.20. The molecule has 0 radical (unpaired) electrons. The van der Waals surface area contributed by atoms with E-state index in [-0.39, 0.29) is 0 Å². The third kappa shape index (κ3) is 3.32. The van der Waals surface area contributed by atoms with Gasteiger partial charge < -0.3 is 5.32 Å². The van der Waals surface area contributed by atoms with Gasteiger partial charge in [0, 0.05) is 6.54 Å². The Morgan fingerprint density at radius 1 is 1.18 bits per heavy atom. The molecule has 2 atom stereocenters. The Morgan fingerprint density at radius 3 is 2.65 bits per heavy atom. The first kappa shape index (κ1) is 12.6. The second-order valence-corrected chi connectivity index (χ2v) is 5.72. The van der Waals surface area contributed by atoms with Gasteiger partial charge in [-0.05, 0) is 55.3 Å². The van der Waals surface area contributed by atoms with Crippen molar-refractivity contribution < 1.29 is 0 Å². The Balaban J connectivity index is 1.79. The molecular weight excluding hydrogens is 206 g/mol. The highest BCUT2D eigenvalue weighted by molar-refractivity contribution is 5.29. The smallest absolute Gasteiger partial charge is 0.0205 e. The summed E-state index contributed by atoms with van der Waals surface area (Å²) in [7, 11) is 0. The number of benzene rings is 1. The fourth-order valence-corrected chi connectivity index (χ4v) is 2.84. The molecule has 2 rings (SSSR count). The van der Waals surface area contributed by atoms with E-state index in [0.29, 0.717) is 0 Å². The molecule has 1 aliphatic carbocycles. The van der Waals surface area contributed by atoms with Crippen molar-refractivity contribution in [3.05, 3.63) is 34.9 Å². The first-order chi connectivity index (χ1) is 8.16. The first-order valence-corrected chi connectivity index (χ1v) is 6.93. The third-order valence-corrected chi connectivity index (χ3v) is 4.35.